The van der Waals surface area contributed by atoms with Gasteiger partial charge in [-0.25, -0.2) is 0 Å². The van der Waals surface area contributed by atoms with E-state index in [-0.39, 0.29) is 12.5 Å². The van der Waals surface area contributed by atoms with Crippen LogP contribution in [0.25, 0.3) is 6.08 Å². The Morgan fingerprint density at radius 3 is 2.24 bits per heavy atom. The Morgan fingerprint density at radius 1 is 1.00 bits per heavy atom. The van der Waals surface area contributed by atoms with Gasteiger partial charge in [0, 0.05) is 5.69 Å². The molecule has 1 amide bonds. The van der Waals surface area contributed by atoms with Crippen LogP contribution in [0.4, 0.5) is 18.9 Å². The van der Waals surface area contributed by atoms with Crippen molar-refractivity contribution in [1.29, 1.82) is 0 Å². The number of benzene rings is 2. The van der Waals surface area contributed by atoms with Crippen molar-refractivity contribution in [3.05, 3.63) is 66.2 Å². The number of hydrogen-bond acceptors (Lipinski definition) is 3. The van der Waals surface area contributed by atoms with Crippen molar-refractivity contribution in [2.24, 2.45) is 0 Å². The summed E-state index contributed by atoms with van der Waals surface area (Å²) in [5, 5.41) is 2.65. The van der Waals surface area contributed by atoms with Crippen molar-refractivity contribution in [2.75, 3.05) is 11.9 Å². The van der Waals surface area contributed by atoms with Gasteiger partial charge in [0.25, 0.3) is 11.7 Å². The molecule has 0 aliphatic carbocycles. The second kappa shape index (κ2) is 8.14. The molecule has 1 N–H and O–H groups in total. The standard InChI is InChI=1S/C18H14F3NO3/c19-18(20,21)16(23)11-8-13-6-9-15(10-7-13)25-12-17(24)22-14-4-2-1-3-5-14/h1-11H,12H2,(H,22,24)/b11-8+. The summed E-state index contributed by atoms with van der Waals surface area (Å²) in [4.78, 5) is 22.5. The molecule has 2 aromatic rings. The summed E-state index contributed by atoms with van der Waals surface area (Å²) in [7, 11) is 0. The number of carbonyl (C=O) groups is 2. The quantitative estimate of drug-likeness (QED) is 0.806. The third-order valence-corrected chi connectivity index (χ3v) is 3.01. The molecular formula is C18H14F3NO3. The summed E-state index contributed by atoms with van der Waals surface area (Å²) in [6, 6.07) is 14.8. The van der Waals surface area contributed by atoms with Crippen LogP contribution < -0.4 is 10.1 Å². The summed E-state index contributed by atoms with van der Waals surface area (Å²) < 4.78 is 41.6. The lowest BCUT2D eigenvalue weighted by atomic mass is 10.2. The fraction of sp³-hybridized carbons (Fsp3) is 0.111. The van der Waals surface area contributed by atoms with E-state index in [1.165, 1.54) is 24.3 Å². The van der Waals surface area contributed by atoms with E-state index in [1.807, 2.05) is 6.07 Å². The van der Waals surface area contributed by atoms with Crippen LogP contribution in [0.2, 0.25) is 0 Å². The Labute approximate surface area is 141 Å². The number of anilines is 1. The van der Waals surface area contributed by atoms with Gasteiger partial charge in [-0.3, -0.25) is 9.59 Å². The number of carbonyl (C=O) groups excluding carboxylic acids is 2. The summed E-state index contributed by atoms with van der Waals surface area (Å²) in [5.41, 5.74) is 1.05. The molecule has 0 spiro atoms. The number of rotatable bonds is 6. The minimum atomic E-state index is -4.88. The van der Waals surface area contributed by atoms with E-state index < -0.39 is 12.0 Å². The Balaban J connectivity index is 1.85. The van der Waals surface area contributed by atoms with E-state index in [9.17, 15) is 22.8 Å². The van der Waals surface area contributed by atoms with Crippen LogP contribution in [0.1, 0.15) is 5.56 Å². The van der Waals surface area contributed by atoms with Gasteiger partial charge < -0.3 is 10.1 Å². The van der Waals surface area contributed by atoms with Crippen molar-refractivity contribution in [1.82, 2.24) is 0 Å². The minimum Gasteiger partial charge on any atom is -0.484 e. The molecule has 0 atom stereocenters. The summed E-state index contributed by atoms with van der Waals surface area (Å²) in [5.74, 6) is -1.89. The van der Waals surface area contributed by atoms with Gasteiger partial charge in [0.15, 0.2) is 6.61 Å². The van der Waals surface area contributed by atoms with Gasteiger partial charge in [0.05, 0.1) is 0 Å². The molecule has 7 heteroatoms. The number of amides is 1. The number of hydrogen-bond donors (Lipinski definition) is 1. The highest BCUT2D eigenvalue weighted by Crippen LogP contribution is 2.18. The smallest absolute Gasteiger partial charge is 0.454 e. The molecule has 25 heavy (non-hydrogen) atoms. The molecule has 2 aromatic carbocycles. The highest BCUT2D eigenvalue weighted by atomic mass is 19.4. The number of alkyl halides is 3. The lowest BCUT2D eigenvalue weighted by Gasteiger charge is -2.07. The van der Waals surface area contributed by atoms with Crippen molar-refractivity contribution >= 4 is 23.5 Å². The first-order chi connectivity index (χ1) is 11.8. The molecule has 0 bridgehead atoms. The minimum absolute atomic E-state index is 0.212. The summed E-state index contributed by atoms with van der Waals surface area (Å²) in [6.07, 6.45) is -3.36. The van der Waals surface area contributed by atoms with Gasteiger partial charge in [-0.05, 0) is 35.9 Å². The molecule has 0 aliphatic rings. The summed E-state index contributed by atoms with van der Waals surface area (Å²) in [6.45, 7) is -0.212. The summed E-state index contributed by atoms with van der Waals surface area (Å²) >= 11 is 0. The number of para-hydroxylation sites is 1. The van der Waals surface area contributed by atoms with E-state index >= 15 is 0 Å². The third kappa shape index (κ3) is 6.14. The number of allylic oxidation sites excluding steroid dienone is 1. The molecule has 4 nitrogen and oxygen atoms in total. The van der Waals surface area contributed by atoms with Crippen LogP contribution in [-0.2, 0) is 9.59 Å². The second-order valence-corrected chi connectivity index (χ2v) is 4.97. The number of ether oxygens (including phenoxy) is 1. The van der Waals surface area contributed by atoms with Crippen LogP contribution in [0, 0.1) is 0 Å². The van der Waals surface area contributed by atoms with Crippen molar-refractivity contribution in [3.63, 3.8) is 0 Å². The first kappa shape index (κ1) is 18.3. The molecule has 2 rings (SSSR count). The molecule has 0 aliphatic heterocycles. The lowest BCUT2D eigenvalue weighted by molar-refractivity contribution is -0.165. The molecule has 0 fully saturated rings. The van der Waals surface area contributed by atoms with Gasteiger partial charge in [-0.1, -0.05) is 36.4 Å². The van der Waals surface area contributed by atoms with Gasteiger partial charge >= 0.3 is 6.18 Å². The van der Waals surface area contributed by atoms with Gasteiger partial charge in [-0.15, -0.1) is 0 Å². The molecule has 130 valence electrons. The predicted octanol–water partition coefficient (Wildman–Crippen LogP) is 3.85. The molecular weight excluding hydrogens is 335 g/mol. The van der Waals surface area contributed by atoms with Crippen molar-refractivity contribution in [3.8, 4) is 5.75 Å². The Hall–Kier alpha value is -3.09. The fourth-order valence-electron chi connectivity index (χ4n) is 1.81. The van der Waals surface area contributed by atoms with Crippen LogP contribution in [0.5, 0.6) is 5.75 Å². The van der Waals surface area contributed by atoms with Crippen LogP contribution in [-0.4, -0.2) is 24.5 Å². The predicted molar refractivity (Wildman–Crippen MR) is 87.1 cm³/mol. The van der Waals surface area contributed by atoms with Crippen LogP contribution in [0.15, 0.2) is 60.7 Å². The Morgan fingerprint density at radius 2 is 1.64 bits per heavy atom. The topological polar surface area (TPSA) is 55.4 Å². The number of ketones is 1. The van der Waals surface area contributed by atoms with E-state index in [2.05, 4.69) is 5.32 Å². The Bertz CT molecular complexity index is 753. The van der Waals surface area contributed by atoms with Crippen molar-refractivity contribution < 1.29 is 27.5 Å². The van der Waals surface area contributed by atoms with Gasteiger partial charge in [0.2, 0.25) is 0 Å². The zero-order valence-electron chi connectivity index (χ0n) is 12.9. The zero-order chi connectivity index (χ0) is 18.3. The third-order valence-electron chi connectivity index (χ3n) is 3.01. The average molecular weight is 349 g/mol. The fourth-order valence-corrected chi connectivity index (χ4v) is 1.81. The largest absolute Gasteiger partial charge is 0.484 e. The van der Waals surface area contributed by atoms with Gasteiger partial charge in [0.1, 0.15) is 5.75 Å². The second-order valence-electron chi connectivity index (χ2n) is 4.97. The maximum absolute atomic E-state index is 12.1. The normalized spacial score (nSPS) is 11.3. The van der Waals surface area contributed by atoms with E-state index in [0.29, 0.717) is 23.1 Å². The molecule has 0 heterocycles. The first-order valence-corrected chi connectivity index (χ1v) is 7.21. The zero-order valence-corrected chi connectivity index (χ0v) is 12.9. The SMILES string of the molecule is O=C(COc1ccc(/C=C/C(=O)C(F)(F)F)cc1)Nc1ccccc1. The monoisotopic (exact) mass is 349 g/mol. The van der Waals surface area contributed by atoms with E-state index in [4.69, 9.17) is 4.74 Å². The lowest BCUT2D eigenvalue weighted by Crippen LogP contribution is -2.20. The molecule has 0 aromatic heterocycles. The highest BCUT2D eigenvalue weighted by Gasteiger charge is 2.35. The van der Waals surface area contributed by atoms with E-state index in [0.717, 1.165) is 6.08 Å². The molecule has 0 saturated heterocycles. The average Bonchev–Trinajstić information content (AvgIpc) is 2.59. The number of halogens is 3. The Kier molecular flexibility index (Phi) is 5.94. The maximum Gasteiger partial charge on any atom is 0.454 e. The van der Waals surface area contributed by atoms with Gasteiger partial charge in [-0.2, -0.15) is 13.2 Å². The number of nitrogens with one attached hydrogen (secondary N) is 1. The van der Waals surface area contributed by atoms with Crippen LogP contribution in [0.3, 0.4) is 0 Å². The van der Waals surface area contributed by atoms with Crippen molar-refractivity contribution in [2.45, 2.75) is 6.18 Å². The maximum atomic E-state index is 12.1. The highest BCUT2D eigenvalue weighted by molar-refractivity contribution is 5.97. The first-order valence-electron chi connectivity index (χ1n) is 7.21. The van der Waals surface area contributed by atoms with E-state index in [1.54, 1.807) is 24.3 Å². The van der Waals surface area contributed by atoms with Crippen LogP contribution >= 0.6 is 0 Å². The molecule has 0 saturated carbocycles. The molecule has 0 radical (unpaired) electrons. The molecule has 0 unspecified atom stereocenters.